The number of hydrogen-bond donors (Lipinski definition) is 0. The van der Waals surface area contributed by atoms with Crippen LogP contribution in [0.25, 0.3) is 0 Å². The molecule has 1 saturated heterocycles. The van der Waals surface area contributed by atoms with Gasteiger partial charge in [-0.2, -0.15) is 0 Å². The number of thioether (sulfide) groups is 1. The van der Waals surface area contributed by atoms with E-state index in [9.17, 15) is 9.59 Å². The maximum absolute atomic E-state index is 12.8. The molecule has 10 heteroatoms. The van der Waals surface area contributed by atoms with Gasteiger partial charge in [-0.05, 0) is 76.6 Å². The second-order valence-electron chi connectivity index (χ2n) is 9.50. The van der Waals surface area contributed by atoms with Gasteiger partial charge in [-0.3, -0.25) is 4.79 Å². The molecule has 2 amide bonds. The fourth-order valence-corrected chi connectivity index (χ4v) is 4.43. The van der Waals surface area contributed by atoms with Crippen molar-refractivity contribution in [2.24, 2.45) is 5.92 Å². The van der Waals surface area contributed by atoms with E-state index in [1.54, 1.807) is 4.90 Å². The Labute approximate surface area is 182 Å². The van der Waals surface area contributed by atoms with Crippen molar-refractivity contribution in [1.29, 1.82) is 0 Å². The molecule has 0 N–H and O–H groups in total. The Balaban J connectivity index is 1.52. The Kier molecular flexibility index (Phi) is 7.26. The van der Waals surface area contributed by atoms with E-state index in [4.69, 9.17) is 4.74 Å². The number of piperidine rings is 1. The summed E-state index contributed by atoms with van der Waals surface area (Å²) in [6, 6.07) is 0.439. The maximum atomic E-state index is 12.8. The Morgan fingerprint density at radius 1 is 1.27 bits per heavy atom. The first-order chi connectivity index (χ1) is 14.1. The molecule has 1 unspecified atom stereocenters. The molecule has 0 radical (unpaired) electrons. The van der Waals surface area contributed by atoms with Gasteiger partial charge in [0.2, 0.25) is 11.1 Å². The summed E-state index contributed by atoms with van der Waals surface area (Å²) in [5.41, 5.74) is -0.522. The molecule has 0 spiro atoms. The van der Waals surface area contributed by atoms with Crippen LogP contribution in [-0.4, -0.2) is 79.0 Å². The van der Waals surface area contributed by atoms with Gasteiger partial charge in [-0.25, -0.2) is 9.48 Å². The lowest BCUT2D eigenvalue weighted by Gasteiger charge is -2.37. The van der Waals surface area contributed by atoms with E-state index < -0.39 is 5.60 Å². The molecule has 30 heavy (non-hydrogen) atoms. The van der Waals surface area contributed by atoms with Gasteiger partial charge in [0.1, 0.15) is 5.60 Å². The Morgan fingerprint density at radius 2 is 2.00 bits per heavy atom. The van der Waals surface area contributed by atoms with E-state index in [2.05, 4.69) is 15.5 Å². The van der Waals surface area contributed by atoms with Crippen molar-refractivity contribution in [3.05, 3.63) is 0 Å². The number of tetrazole rings is 1. The topological polar surface area (TPSA) is 93.5 Å². The van der Waals surface area contributed by atoms with E-state index in [1.807, 2.05) is 44.2 Å². The van der Waals surface area contributed by atoms with Crippen LogP contribution >= 0.6 is 11.8 Å². The number of likely N-dealkylation sites (tertiary alicyclic amines) is 1. The third-order valence-corrected chi connectivity index (χ3v) is 6.18. The van der Waals surface area contributed by atoms with Gasteiger partial charge in [-0.15, -0.1) is 5.10 Å². The van der Waals surface area contributed by atoms with Gasteiger partial charge in [0, 0.05) is 25.7 Å². The van der Waals surface area contributed by atoms with E-state index in [1.165, 1.54) is 11.8 Å². The van der Waals surface area contributed by atoms with Gasteiger partial charge >= 0.3 is 6.09 Å². The van der Waals surface area contributed by atoms with E-state index in [0.717, 1.165) is 37.4 Å². The zero-order valence-corrected chi connectivity index (χ0v) is 19.5. The predicted molar refractivity (Wildman–Crippen MR) is 114 cm³/mol. The molecular formula is C20H34N6O3S. The number of carbonyl (C=O) groups excluding carboxylic acids is 2. The Hall–Kier alpha value is -1.84. The van der Waals surface area contributed by atoms with Crippen molar-refractivity contribution in [3.63, 3.8) is 0 Å². The Morgan fingerprint density at radius 3 is 2.63 bits per heavy atom. The quantitative estimate of drug-likeness (QED) is 0.604. The van der Waals surface area contributed by atoms with Crippen molar-refractivity contribution < 1.29 is 14.3 Å². The van der Waals surface area contributed by atoms with Gasteiger partial charge in [0.15, 0.2) is 0 Å². The number of amides is 2. The second-order valence-corrected chi connectivity index (χ2v) is 10.4. The summed E-state index contributed by atoms with van der Waals surface area (Å²) >= 11 is 1.41. The van der Waals surface area contributed by atoms with Crippen LogP contribution in [-0.2, 0) is 9.53 Å². The smallest absolute Gasteiger partial charge is 0.410 e. The fraction of sp³-hybridized carbons (Fsp3) is 0.850. The molecule has 2 aliphatic rings. The maximum Gasteiger partial charge on any atom is 0.410 e. The lowest BCUT2D eigenvalue weighted by atomic mass is 9.97. The minimum absolute atomic E-state index is 0.0442. The standard InChI is InChI=1S/C20H34N6O3S/c1-14(2)25(19(28)29-20(3,4)5)12-15-7-6-10-24(11-15)17(27)13-30-18-21-22-23-26(18)16-8-9-16/h14-16H,6-13H2,1-5H3. The fourth-order valence-electron chi connectivity index (χ4n) is 3.58. The number of rotatable bonds is 7. The molecule has 1 aliphatic carbocycles. The third-order valence-electron chi connectivity index (χ3n) is 5.26. The molecule has 0 bridgehead atoms. The SMILES string of the molecule is CC(C)N(CC1CCCN(C(=O)CSc2nnnn2C2CC2)C1)C(=O)OC(C)(C)C. The van der Waals surface area contributed by atoms with Crippen LogP contribution in [0.2, 0.25) is 0 Å². The molecule has 2 heterocycles. The van der Waals surface area contributed by atoms with Crippen LogP contribution in [0.4, 0.5) is 4.79 Å². The minimum atomic E-state index is -0.522. The van der Waals surface area contributed by atoms with Gasteiger partial charge < -0.3 is 14.5 Å². The predicted octanol–water partition coefficient (Wildman–Crippen LogP) is 2.98. The molecule has 1 atom stereocenters. The summed E-state index contributed by atoms with van der Waals surface area (Å²) in [7, 11) is 0. The molecule has 9 nitrogen and oxygen atoms in total. The number of aromatic nitrogens is 4. The normalized spacial score (nSPS) is 19.8. The molecule has 168 valence electrons. The zero-order chi connectivity index (χ0) is 21.9. The number of carbonyl (C=O) groups is 2. The average Bonchev–Trinajstić information content (AvgIpc) is 3.40. The van der Waals surface area contributed by atoms with Crippen molar-refractivity contribution in [2.75, 3.05) is 25.4 Å². The average molecular weight is 439 g/mol. The first-order valence-corrected chi connectivity index (χ1v) is 11.8. The highest BCUT2D eigenvalue weighted by Crippen LogP contribution is 2.36. The monoisotopic (exact) mass is 438 g/mol. The van der Waals surface area contributed by atoms with Gasteiger partial charge in [0.25, 0.3) is 0 Å². The van der Waals surface area contributed by atoms with Crippen LogP contribution in [0.1, 0.15) is 66.3 Å². The van der Waals surface area contributed by atoms with Crippen LogP contribution in [0.3, 0.4) is 0 Å². The van der Waals surface area contributed by atoms with Gasteiger partial charge in [0.05, 0.1) is 11.8 Å². The van der Waals surface area contributed by atoms with Crippen molar-refractivity contribution in [1.82, 2.24) is 30.0 Å². The molecule has 2 fully saturated rings. The molecule has 1 aliphatic heterocycles. The molecule has 0 aromatic carbocycles. The molecule has 1 saturated carbocycles. The second kappa shape index (κ2) is 9.53. The summed E-state index contributed by atoms with van der Waals surface area (Å²) in [6.07, 6.45) is 3.86. The highest BCUT2D eigenvalue weighted by Gasteiger charge is 2.31. The Bertz CT molecular complexity index is 743. The van der Waals surface area contributed by atoms with Gasteiger partial charge in [-0.1, -0.05) is 11.8 Å². The number of hydrogen-bond acceptors (Lipinski definition) is 7. The van der Waals surface area contributed by atoms with Crippen LogP contribution < -0.4 is 0 Å². The molecule has 1 aromatic rings. The molecular weight excluding hydrogens is 404 g/mol. The van der Waals surface area contributed by atoms with Crippen molar-refractivity contribution >= 4 is 23.8 Å². The van der Waals surface area contributed by atoms with Crippen LogP contribution in [0.15, 0.2) is 5.16 Å². The van der Waals surface area contributed by atoms with E-state index in [0.29, 0.717) is 24.9 Å². The lowest BCUT2D eigenvalue weighted by molar-refractivity contribution is -0.130. The highest BCUT2D eigenvalue weighted by atomic mass is 32.2. The summed E-state index contributed by atoms with van der Waals surface area (Å²) in [6.45, 7) is 11.7. The lowest BCUT2D eigenvalue weighted by Crippen LogP contribution is -2.48. The molecule has 1 aromatic heterocycles. The van der Waals surface area contributed by atoms with Crippen molar-refractivity contribution in [3.8, 4) is 0 Å². The number of ether oxygens (including phenoxy) is 1. The van der Waals surface area contributed by atoms with E-state index >= 15 is 0 Å². The summed E-state index contributed by atoms with van der Waals surface area (Å²) < 4.78 is 7.41. The first kappa shape index (κ1) is 22.8. The zero-order valence-electron chi connectivity index (χ0n) is 18.7. The van der Waals surface area contributed by atoms with Crippen LogP contribution in [0, 0.1) is 5.92 Å². The van der Waals surface area contributed by atoms with Crippen molar-refractivity contribution in [2.45, 2.75) is 83.1 Å². The third kappa shape index (κ3) is 6.33. The largest absolute Gasteiger partial charge is 0.444 e. The first-order valence-electron chi connectivity index (χ1n) is 10.8. The van der Waals surface area contributed by atoms with Crippen LogP contribution in [0.5, 0.6) is 0 Å². The summed E-state index contributed by atoms with van der Waals surface area (Å²) in [4.78, 5) is 29.1. The summed E-state index contributed by atoms with van der Waals surface area (Å²) in [5.74, 6) is 0.683. The highest BCUT2D eigenvalue weighted by molar-refractivity contribution is 7.99. The number of nitrogens with zero attached hydrogens (tertiary/aromatic N) is 6. The minimum Gasteiger partial charge on any atom is -0.444 e. The summed E-state index contributed by atoms with van der Waals surface area (Å²) in [5, 5.41) is 12.5. The van der Waals surface area contributed by atoms with E-state index in [-0.39, 0.29) is 24.0 Å². The molecule has 3 rings (SSSR count).